The molecule has 1 aromatic carbocycles. The van der Waals surface area contributed by atoms with Crippen molar-refractivity contribution < 1.29 is 9.21 Å². The number of aryl methyl sites for hydroxylation is 1. The number of carbonyl (C=O) groups is 1. The van der Waals surface area contributed by atoms with Crippen LogP contribution in [0.1, 0.15) is 16.1 Å². The molecule has 0 aliphatic carbocycles. The van der Waals surface area contributed by atoms with E-state index in [1.54, 1.807) is 36.5 Å². The second kappa shape index (κ2) is 4.70. The molecular formula is C15H13N3O2. The van der Waals surface area contributed by atoms with Gasteiger partial charge in [0.15, 0.2) is 5.76 Å². The van der Waals surface area contributed by atoms with Gasteiger partial charge in [-0.2, -0.15) is 0 Å². The Kier molecular flexibility index (Phi) is 2.87. The third-order valence-corrected chi connectivity index (χ3v) is 2.92. The number of nitrogens with two attached hydrogens (primary N) is 1. The zero-order chi connectivity index (χ0) is 14.1. The van der Waals surface area contributed by atoms with Crippen molar-refractivity contribution in [2.45, 2.75) is 6.92 Å². The van der Waals surface area contributed by atoms with E-state index in [9.17, 15) is 4.79 Å². The van der Waals surface area contributed by atoms with Crippen LogP contribution < -0.4 is 11.1 Å². The Bertz CT molecular complexity index is 793. The molecule has 0 aliphatic rings. The highest BCUT2D eigenvalue weighted by Gasteiger charge is 2.13. The summed E-state index contributed by atoms with van der Waals surface area (Å²) in [6.45, 7) is 1.93. The van der Waals surface area contributed by atoms with E-state index in [0.29, 0.717) is 17.1 Å². The first-order valence-corrected chi connectivity index (χ1v) is 6.15. The quantitative estimate of drug-likeness (QED) is 0.699. The minimum absolute atomic E-state index is 0.230. The number of benzene rings is 1. The Labute approximate surface area is 115 Å². The number of hydrogen-bond acceptors (Lipinski definition) is 4. The molecule has 0 fully saturated rings. The molecular weight excluding hydrogens is 254 g/mol. The number of rotatable bonds is 2. The van der Waals surface area contributed by atoms with Crippen LogP contribution in [0.25, 0.3) is 11.0 Å². The number of carbonyl (C=O) groups excluding carboxylic acids is 1. The van der Waals surface area contributed by atoms with Gasteiger partial charge in [-0.05, 0) is 48.9 Å². The highest BCUT2D eigenvalue weighted by Crippen LogP contribution is 2.22. The van der Waals surface area contributed by atoms with Gasteiger partial charge in [0.25, 0.3) is 5.91 Å². The van der Waals surface area contributed by atoms with Gasteiger partial charge in [0, 0.05) is 17.3 Å². The molecule has 3 rings (SSSR count). The lowest BCUT2D eigenvalue weighted by Gasteiger charge is -2.02. The predicted molar refractivity (Wildman–Crippen MR) is 77.6 cm³/mol. The minimum Gasteiger partial charge on any atom is -0.451 e. The van der Waals surface area contributed by atoms with E-state index >= 15 is 0 Å². The van der Waals surface area contributed by atoms with Gasteiger partial charge in [-0.15, -0.1) is 0 Å². The number of anilines is 2. The summed E-state index contributed by atoms with van der Waals surface area (Å²) >= 11 is 0. The molecule has 0 radical (unpaired) electrons. The second-order valence-corrected chi connectivity index (χ2v) is 4.58. The highest BCUT2D eigenvalue weighted by molar-refractivity contribution is 6.04. The first-order valence-electron chi connectivity index (χ1n) is 6.15. The number of hydrogen-bond donors (Lipinski definition) is 2. The van der Waals surface area contributed by atoms with Crippen molar-refractivity contribution in [1.29, 1.82) is 0 Å². The molecule has 20 heavy (non-hydrogen) atoms. The Morgan fingerprint density at radius 1 is 1.25 bits per heavy atom. The number of amides is 1. The van der Waals surface area contributed by atoms with Crippen LogP contribution in [-0.4, -0.2) is 10.9 Å². The summed E-state index contributed by atoms with van der Waals surface area (Å²) in [4.78, 5) is 16.2. The molecule has 0 aliphatic heterocycles. The van der Waals surface area contributed by atoms with Gasteiger partial charge >= 0.3 is 0 Å². The van der Waals surface area contributed by atoms with Crippen LogP contribution in [0.4, 0.5) is 11.5 Å². The fraction of sp³-hybridized carbons (Fsp3) is 0.0667. The predicted octanol–water partition coefficient (Wildman–Crippen LogP) is 2.97. The zero-order valence-electron chi connectivity index (χ0n) is 10.9. The van der Waals surface area contributed by atoms with Gasteiger partial charge in [-0.3, -0.25) is 4.79 Å². The van der Waals surface area contributed by atoms with Crippen LogP contribution in [-0.2, 0) is 0 Å². The molecule has 3 aromatic rings. The summed E-state index contributed by atoms with van der Waals surface area (Å²) in [5, 5.41) is 3.50. The van der Waals surface area contributed by atoms with Gasteiger partial charge in [0.2, 0.25) is 0 Å². The Morgan fingerprint density at radius 3 is 2.90 bits per heavy atom. The summed E-state index contributed by atoms with van der Waals surface area (Å²) < 4.78 is 5.49. The molecule has 0 saturated carbocycles. The monoisotopic (exact) mass is 267 g/mol. The van der Waals surface area contributed by atoms with E-state index in [1.165, 1.54) is 0 Å². The van der Waals surface area contributed by atoms with Gasteiger partial charge in [-0.1, -0.05) is 0 Å². The molecule has 100 valence electrons. The van der Waals surface area contributed by atoms with Crippen molar-refractivity contribution in [3.8, 4) is 0 Å². The maximum atomic E-state index is 12.1. The first kappa shape index (κ1) is 12.2. The smallest absolute Gasteiger partial charge is 0.292 e. The summed E-state index contributed by atoms with van der Waals surface area (Å²) in [6.07, 6.45) is 1.64. The Balaban J connectivity index is 1.88. The topological polar surface area (TPSA) is 81.2 Å². The molecule has 0 bridgehead atoms. The van der Waals surface area contributed by atoms with E-state index < -0.39 is 0 Å². The van der Waals surface area contributed by atoms with Crippen LogP contribution in [0, 0.1) is 6.92 Å². The molecule has 2 aromatic heterocycles. The molecule has 0 atom stereocenters. The van der Waals surface area contributed by atoms with Crippen molar-refractivity contribution in [1.82, 2.24) is 4.98 Å². The van der Waals surface area contributed by atoms with Gasteiger partial charge in [-0.25, -0.2) is 4.98 Å². The van der Waals surface area contributed by atoms with Crippen LogP contribution >= 0.6 is 0 Å². The zero-order valence-corrected chi connectivity index (χ0v) is 10.9. The Hall–Kier alpha value is -2.82. The Morgan fingerprint density at radius 2 is 2.10 bits per heavy atom. The SMILES string of the molecule is Cc1ccnc(NC(=O)c2cc3cc(N)ccc3o2)c1. The normalized spacial score (nSPS) is 10.7. The first-order chi connectivity index (χ1) is 9.61. The molecule has 2 heterocycles. The van der Waals surface area contributed by atoms with Crippen molar-refractivity contribution >= 4 is 28.4 Å². The van der Waals surface area contributed by atoms with Gasteiger partial charge in [0.05, 0.1) is 0 Å². The maximum Gasteiger partial charge on any atom is 0.292 e. The molecule has 5 heteroatoms. The van der Waals surface area contributed by atoms with Crippen LogP contribution in [0.15, 0.2) is 47.0 Å². The average molecular weight is 267 g/mol. The number of nitrogens with zero attached hydrogens (tertiary/aromatic N) is 1. The molecule has 5 nitrogen and oxygen atoms in total. The third kappa shape index (κ3) is 2.33. The van der Waals surface area contributed by atoms with Gasteiger partial charge < -0.3 is 15.5 Å². The molecule has 0 saturated heterocycles. The molecule has 1 amide bonds. The highest BCUT2D eigenvalue weighted by atomic mass is 16.3. The van der Waals surface area contributed by atoms with E-state index in [-0.39, 0.29) is 11.7 Å². The van der Waals surface area contributed by atoms with E-state index in [0.717, 1.165) is 10.9 Å². The van der Waals surface area contributed by atoms with Crippen LogP contribution in [0.5, 0.6) is 0 Å². The van der Waals surface area contributed by atoms with Crippen LogP contribution in [0.3, 0.4) is 0 Å². The lowest BCUT2D eigenvalue weighted by atomic mass is 10.2. The van der Waals surface area contributed by atoms with E-state index in [2.05, 4.69) is 10.3 Å². The van der Waals surface area contributed by atoms with Crippen molar-refractivity contribution in [2.24, 2.45) is 0 Å². The second-order valence-electron chi connectivity index (χ2n) is 4.58. The fourth-order valence-corrected chi connectivity index (χ4v) is 1.96. The number of furan rings is 1. The summed E-state index contributed by atoms with van der Waals surface area (Å²) in [5.41, 5.74) is 7.97. The largest absolute Gasteiger partial charge is 0.451 e. The minimum atomic E-state index is -0.335. The summed E-state index contributed by atoms with van der Waals surface area (Å²) in [6, 6.07) is 10.6. The van der Waals surface area contributed by atoms with E-state index in [4.69, 9.17) is 10.2 Å². The maximum absolute atomic E-state index is 12.1. The fourth-order valence-electron chi connectivity index (χ4n) is 1.96. The van der Waals surface area contributed by atoms with Crippen LogP contribution in [0.2, 0.25) is 0 Å². The van der Waals surface area contributed by atoms with Crippen molar-refractivity contribution in [2.75, 3.05) is 11.1 Å². The van der Waals surface area contributed by atoms with Crippen molar-refractivity contribution in [3.63, 3.8) is 0 Å². The molecule has 0 spiro atoms. The molecule has 0 unspecified atom stereocenters. The number of nitrogen functional groups attached to an aromatic ring is 1. The lowest BCUT2D eigenvalue weighted by Crippen LogP contribution is -2.11. The van der Waals surface area contributed by atoms with E-state index in [1.807, 2.05) is 13.0 Å². The third-order valence-electron chi connectivity index (χ3n) is 2.92. The molecule has 3 N–H and O–H groups in total. The summed E-state index contributed by atoms with van der Waals surface area (Å²) in [5.74, 6) is 0.391. The number of fused-ring (bicyclic) bond motifs is 1. The average Bonchev–Trinajstić information content (AvgIpc) is 2.81. The summed E-state index contributed by atoms with van der Waals surface area (Å²) in [7, 11) is 0. The number of aromatic nitrogens is 1. The lowest BCUT2D eigenvalue weighted by molar-refractivity contribution is 0.0998. The van der Waals surface area contributed by atoms with Gasteiger partial charge in [0.1, 0.15) is 11.4 Å². The van der Waals surface area contributed by atoms with Crippen molar-refractivity contribution in [3.05, 3.63) is 53.9 Å². The number of nitrogens with one attached hydrogen (secondary N) is 1. The standard InChI is InChI=1S/C15H13N3O2/c1-9-4-5-17-14(6-9)18-15(19)13-8-10-7-11(16)2-3-12(10)20-13/h2-8H,16H2,1H3,(H,17,18,19). The number of pyridine rings is 1.